The van der Waals surface area contributed by atoms with Crippen LogP contribution in [0.3, 0.4) is 0 Å². The number of carbonyl (C=O) groups is 1. The summed E-state index contributed by atoms with van der Waals surface area (Å²) >= 11 is 6.10. The van der Waals surface area contributed by atoms with Crippen LogP contribution in [0.15, 0.2) is 24.3 Å². The number of hydrogen-bond donors (Lipinski definition) is 1. The summed E-state index contributed by atoms with van der Waals surface area (Å²) in [6, 6.07) is 6.56. The monoisotopic (exact) mass is 349 g/mol. The molecule has 128 valence electrons. The van der Waals surface area contributed by atoms with E-state index in [9.17, 15) is 4.79 Å². The first kappa shape index (κ1) is 18.0. The highest BCUT2D eigenvalue weighted by Gasteiger charge is 2.19. The minimum atomic E-state index is -0.434. The van der Waals surface area contributed by atoms with Gasteiger partial charge in [-0.3, -0.25) is 0 Å². The first-order valence-corrected chi connectivity index (χ1v) is 7.71. The normalized spacial score (nSPS) is 11.1. The SMILES string of the molecule is COC(=O)c1ccc(OC)c(Nc2cc(Cl)nc(C(C)(C)C)n2)c1. The first-order chi connectivity index (χ1) is 11.2. The number of aromatic nitrogens is 2. The van der Waals surface area contributed by atoms with Crippen LogP contribution in [0.1, 0.15) is 37.0 Å². The number of nitrogens with zero attached hydrogens (tertiary/aromatic N) is 2. The van der Waals surface area contributed by atoms with Gasteiger partial charge in [-0.25, -0.2) is 14.8 Å². The van der Waals surface area contributed by atoms with E-state index in [1.54, 1.807) is 31.4 Å². The van der Waals surface area contributed by atoms with Crippen LogP contribution in [0.5, 0.6) is 5.75 Å². The van der Waals surface area contributed by atoms with Crippen LogP contribution in [-0.4, -0.2) is 30.2 Å². The molecule has 0 aliphatic carbocycles. The maximum absolute atomic E-state index is 11.7. The average Bonchev–Trinajstić information content (AvgIpc) is 2.52. The molecule has 2 rings (SSSR count). The Morgan fingerprint density at radius 1 is 1.17 bits per heavy atom. The summed E-state index contributed by atoms with van der Waals surface area (Å²) in [7, 11) is 2.88. The zero-order valence-corrected chi connectivity index (χ0v) is 15.1. The number of hydrogen-bond acceptors (Lipinski definition) is 6. The number of anilines is 2. The van der Waals surface area contributed by atoms with Crippen molar-refractivity contribution >= 4 is 29.1 Å². The molecule has 0 saturated heterocycles. The molecule has 0 fully saturated rings. The van der Waals surface area contributed by atoms with Crippen molar-refractivity contribution < 1.29 is 14.3 Å². The molecule has 0 atom stereocenters. The number of nitrogens with one attached hydrogen (secondary N) is 1. The third-order valence-corrected chi connectivity index (χ3v) is 3.44. The van der Waals surface area contributed by atoms with E-state index in [4.69, 9.17) is 21.1 Å². The van der Waals surface area contributed by atoms with E-state index in [0.29, 0.717) is 33.8 Å². The van der Waals surface area contributed by atoms with Crippen LogP contribution in [0.25, 0.3) is 0 Å². The molecule has 24 heavy (non-hydrogen) atoms. The second-order valence-electron chi connectivity index (χ2n) is 6.18. The van der Waals surface area contributed by atoms with Gasteiger partial charge < -0.3 is 14.8 Å². The Morgan fingerprint density at radius 3 is 2.46 bits per heavy atom. The highest BCUT2D eigenvalue weighted by Crippen LogP contribution is 2.30. The molecule has 1 aromatic heterocycles. The van der Waals surface area contributed by atoms with E-state index < -0.39 is 5.97 Å². The van der Waals surface area contributed by atoms with Gasteiger partial charge in [0.1, 0.15) is 22.5 Å². The molecular weight excluding hydrogens is 330 g/mol. The summed E-state index contributed by atoms with van der Waals surface area (Å²) < 4.78 is 10.1. The molecule has 0 spiro atoms. The van der Waals surface area contributed by atoms with Crippen molar-refractivity contribution in [1.29, 1.82) is 0 Å². The highest BCUT2D eigenvalue weighted by atomic mass is 35.5. The fraction of sp³-hybridized carbons (Fsp3) is 0.353. The fourth-order valence-electron chi connectivity index (χ4n) is 2.01. The third kappa shape index (κ3) is 4.14. The molecule has 0 unspecified atom stereocenters. The summed E-state index contributed by atoms with van der Waals surface area (Å²) in [6.45, 7) is 6.00. The third-order valence-electron chi connectivity index (χ3n) is 3.25. The summed E-state index contributed by atoms with van der Waals surface area (Å²) in [5.74, 6) is 1.26. The molecule has 0 bridgehead atoms. The Labute approximate surface area is 146 Å². The van der Waals surface area contributed by atoms with E-state index in [1.807, 2.05) is 20.8 Å². The van der Waals surface area contributed by atoms with Gasteiger partial charge in [0.2, 0.25) is 0 Å². The quantitative estimate of drug-likeness (QED) is 0.665. The maximum Gasteiger partial charge on any atom is 0.337 e. The first-order valence-electron chi connectivity index (χ1n) is 7.33. The predicted molar refractivity (Wildman–Crippen MR) is 93.4 cm³/mol. The molecule has 0 aliphatic rings. The van der Waals surface area contributed by atoms with Gasteiger partial charge in [-0.15, -0.1) is 0 Å². The molecule has 0 saturated carbocycles. The number of esters is 1. The topological polar surface area (TPSA) is 73.3 Å². The molecule has 6 nitrogen and oxygen atoms in total. The molecule has 1 aromatic carbocycles. The van der Waals surface area contributed by atoms with Gasteiger partial charge in [0.25, 0.3) is 0 Å². The molecule has 7 heteroatoms. The molecule has 2 aromatic rings. The average molecular weight is 350 g/mol. The number of halogens is 1. The Kier molecular flexibility index (Phi) is 5.29. The highest BCUT2D eigenvalue weighted by molar-refractivity contribution is 6.29. The standard InChI is InChI=1S/C17H20ClN3O3/c1-17(2,3)16-20-13(18)9-14(21-16)19-11-8-10(15(22)24-5)6-7-12(11)23-4/h6-9H,1-5H3,(H,19,20,21). The van der Waals surface area contributed by atoms with Crippen LogP contribution < -0.4 is 10.1 Å². The lowest BCUT2D eigenvalue weighted by Crippen LogP contribution is -2.17. The van der Waals surface area contributed by atoms with E-state index in [-0.39, 0.29) is 5.41 Å². The fourth-order valence-corrected chi connectivity index (χ4v) is 2.19. The van der Waals surface area contributed by atoms with Crippen LogP contribution in [-0.2, 0) is 10.2 Å². The van der Waals surface area contributed by atoms with Gasteiger partial charge in [0, 0.05) is 11.5 Å². The Morgan fingerprint density at radius 2 is 1.88 bits per heavy atom. The summed E-state index contributed by atoms with van der Waals surface area (Å²) in [5, 5.41) is 3.46. The lowest BCUT2D eigenvalue weighted by molar-refractivity contribution is 0.0601. The van der Waals surface area contributed by atoms with E-state index in [1.165, 1.54) is 7.11 Å². The van der Waals surface area contributed by atoms with Crippen molar-refractivity contribution in [2.24, 2.45) is 0 Å². The van der Waals surface area contributed by atoms with E-state index in [0.717, 1.165) is 0 Å². The van der Waals surface area contributed by atoms with Gasteiger partial charge >= 0.3 is 5.97 Å². The minimum absolute atomic E-state index is 0.251. The molecule has 0 aliphatic heterocycles. The van der Waals surface area contributed by atoms with Crippen LogP contribution in [0.2, 0.25) is 5.15 Å². The number of benzene rings is 1. The maximum atomic E-state index is 11.7. The minimum Gasteiger partial charge on any atom is -0.495 e. The second-order valence-corrected chi connectivity index (χ2v) is 6.57. The van der Waals surface area contributed by atoms with Crippen molar-refractivity contribution in [3.05, 3.63) is 40.8 Å². The van der Waals surface area contributed by atoms with Gasteiger partial charge in [-0.2, -0.15) is 0 Å². The van der Waals surface area contributed by atoms with Crippen molar-refractivity contribution in [3.8, 4) is 5.75 Å². The second kappa shape index (κ2) is 7.05. The number of methoxy groups -OCH3 is 2. The lowest BCUT2D eigenvalue weighted by Gasteiger charge is -2.18. The van der Waals surface area contributed by atoms with Gasteiger partial charge in [-0.05, 0) is 18.2 Å². The summed E-state index contributed by atoms with van der Waals surface area (Å²) in [6.07, 6.45) is 0. The molecular formula is C17H20ClN3O3. The van der Waals surface area contributed by atoms with Crippen LogP contribution >= 0.6 is 11.6 Å². The molecule has 0 amide bonds. The number of ether oxygens (including phenoxy) is 2. The van der Waals surface area contributed by atoms with Crippen molar-refractivity contribution in [2.45, 2.75) is 26.2 Å². The zero-order valence-electron chi connectivity index (χ0n) is 14.3. The molecule has 0 radical (unpaired) electrons. The summed E-state index contributed by atoms with van der Waals surface area (Å²) in [4.78, 5) is 20.5. The number of carbonyl (C=O) groups excluding carboxylic acids is 1. The Bertz CT molecular complexity index is 757. The Balaban J connectivity index is 2.43. The van der Waals surface area contributed by atoms with Crippen molar-refractivity contribution in [1.82, 2.24) is 9.97 Å². The lowest BCUT2D eigenvalue weighted by atomic mass is 9.96. The smallest absolute Gasteiger partial charge is 0.337 e. The molecule has 1 heterocycles. The molecule has 1 N–H and O–H groups in total. The number of rotatable bonds is 4. The van der Waals surface area contributed by atoms with Gasteiger partial charge in [-0.1, -0.05) is 32.4 Å². The van der Waals surface area contributed by atoms with Gasteiger partial charge in [0.05, 0.1) is 25.5 Å². The van der Waals surface area contributed by atoms with Crippen molar-refractivity contribution in [2.75, 3.05) is 19.5 Å². The summed E-state index contributed by atoms with van der Waals surface area (Å²) in [5.41, 5.74) is 0.728. The largest absolute Gasteiger partial charge is 0.495 e. The zero-order chi connectivity index (χ0) is 17.9. The predicted octanol–water partition coefficient (Wildman–Crippen LogP) is 3.97. The van der Waals surface area contributed by atoms with Crippen LogP contribution in [0, 0.1) is 0 Å². The van der Waals surface area contributed by atoms with Crippen LogP contribution in [0.4, 0.5) is 11.5 Å². The van der Waals surface area contributed by atoms with Crippen molar-refractivity contribution in [3.63, 3.8) is 0 Å². The van der Waals surface area contributed by atoms with E-state index in [2.05, 4.69) is 15.3 Å². The van der Waals surface area contributed by atoms with Gasteiger partial charge in [0.15, 0.2) is 0 Å². The van der Waals surface area contributed by atoms with E-state index >= 15 is 0 Å². The Hall–Kier alpha value is -2.34.